The second-order valence-electron chi connectivity index (χ2n) is 5.16. The van der Waals surface area contributed by atoms with E-state index in [9.17, 15) is 22.4 Å². The van der Waals surface area contributed by atoms with Crippen molar-refractivity contribution in [3.05, 3.63) is 35.1 Å². The van der Waals surface area contributed by atoms with Crippen LogP contribution >= 0.6 is 0 Å². The van der Waals surface area contributed by atoms with Crippen LogP contribution in [0.2, 0.25) is 0 Å². The van der Waals surface area contributed by atoms with Crippen LogP contribution in [0.5, 0.6) is 0 Å². The molecule has 0 spiro atoms. The maximum atomic E-state index is 13.2. The van der Waals surface area contributed by atoms with Crippen molar-refractivity contribution >= 4 is 5.97 Å². The molecule has 21 heavy (non-hydrogen) atoms. The Balaban J connectivity index is 2.11. The maximum absolute atomic E-state index is 13.2. The van der Waals surface area contributed by atoms with Gasteiger partial charge in [-0.05, 0) is 30.5 Å². The Hall–Kier alpha value is -1.63. The van der Waals surface area contributed by atoms with E-state index in [1.165, 1.54) is 6.07 Å². The molecule has 2 rings (SSSR count). The number of halogens is 4. The maximum Gasteiger partial charge on any atom is 0.419 e. The van der Waals surface area contributed by atoms with Crippen molar-refractivity contribution in [2.45, 2.75) is 38.0 Å². The van der Waals surface area contributed by atoms with Gasteiger partial charge in [-0.1, -0.05) is 6.07 Å². The number of hydrogen-bond acceptors (Lipinski definition) is 2. The lowest BCUT2D eigenvalue weighted by Gasteiger charge is -2.21. The Morgan fingerprint density at radius 2 is 2.00 bits per heavy atom. The number of carbonyl (C=O) groups is 1. The lowest BCUT2D eigenvalue weighted by Crippen LogP contribution is -2.28. The quantitative estimate of drug-likeness (QED) is 0.820. The molecule has 0 bridgehead atoms. The molecular formula is C14H15F4NO2. The SMILES string of the molecule is O=C(O)CCN(Cc1ccc(F)c(C(F)(F)F)c1)C1CC1. The first-order chi connectivity index (χ1) is 9.77. The number of alkyl halides is 3. The Morgan fingerprint density at radius 3 is 2.52 bits per heavy atom. The lowest BCUT2D eigenvalue weighted by molar-refractivity contribution is -0.140. The van der Waals surface area contributed by atoms with Gasteiger partial charge < -0.3 is 5.11 Å². The molecule has 0 atom stereocenters. The van der Waals surface area contributed by atoms with Crippen molar-refractivity contribution < 1.29 is 27.5 Å². The van der Waals surface area contributed by atoms with Crippen LogP contribution in [-0.4, -0.2) is 28.6 Å². The zero-order valence-corrected chi connectivity index (χ0v) is 11.2. The highest BCUT2D eigenvalue weighted by molar-refractivity contribution is 5.66. The third-order valence-corrected chi connectivity index (χ3v) is 3.40. The summed E-state index contributed by atoms with van der Waals surface area (Å²) in [5.74, 6) is -2.24. The average Bonchev–Trinajstić information content (AvgIpc) is 3.19. The summed E-state index contributed by atoms with van der Waals surface area (Å²) < 4.78 is 51.2. The van der Waals surface area contributed by atoms with Crippen LogP contribution in [-0.2, 0) is 17.5 Å². The van der Waals surface area contributed by atoms with Crippen LogP contribution in [0.4, 0.5) is 17.6 Å². The molecule has 1 aliphatic rings. The first kappa shape index (κ1) is 15.8. The highest BCUT2D eigenvalue weighted by atomic mass is 19.4. The highest BCUT2D eigenvalue weighted by Crippen LogP contribution is 2.33. The topological polar surface area (TPSA) is 40.5 Å². The van der Waals surface area contributed by atoms with Crippen molar-refractivity contribution in [2.75, 3.05) is 6.54 Å². The number of aliphatic carboxylic acids is 1. The van der Waals surface area contributed by atoms with Gasteiger partial charge in [0.05, 0.1) is 12.0 Å². The van der Waals surface area contributed by atoms with E-state index >= 15 is 0 Å². The van der Waals surface area contributed by atoms with Crippen molar-refractivity contribution in [3.8, 4) is 0 Å². The summed E-state index contributed by atoms with van der Waals surface area (Å²) in [6.45, 7) is 0.472. The van der Waals surface area contributed by atoms with E-state index in [2.05, 4.69) is 0 Å². The van der Waals surface area contributed by atoms with Gasteiger partial charge in [-0.2, -0.15) is 13.2 Å². The monoisotopic (exact) mass is 305 g/mol. The van der Waals surface area contributed by atoms with Gasteiger partial charge in [-0.25, -0.2) is 4.39 Å². The molecule has 1 N–H and O–H groups in total. The second kappa shape index (κ2) is 6.01. The molecule has 116 valence electrons. The Labute approximate surface area is 119 Å². The molecule has 0 unspecified atom stereocenters. The third-order valence-electron chi connectivity index (χ3n) is 3.40. The molecule has 1 aliphatic carbocycles. The molecular weight excluding hydrogens is 290 g/mol. The number of nitrogens with zero attached hydrogens (tertiary/aromatic N) is 1. The molecule has 1 saturated carbocycles. The van der Waals surface area contributed by atoms with E-state index in [0.29, 0.717) is 5.56 Å². The second-order valence-corrected chi connectivity index (χ2v) is 5.16. The van der Waals surface area contributed by atoms with Gasteiger partial charge in [0.25, 0.3) is 0 Å². The number of carboxylic acid groups (broad SMARTS) is 1. The van der Waals surface area contributed by atoms with Crippen LogP contribution in [0.3, 0.4) is 0 Å². The molecule has 1 aromatic carbocycles. The van der Waals surface area contributed by atoms with Crippen molar-refractivity contribution in [1.82, 2.24) is 4.90 Å². The molecule has 7 heteroatoms. The van der Waals surface area contributed by atoms with Crippen LogP contribution in [0.25, 0.3) is 0 Å². The van der Waals surface area contributed by atoms with E-state index < -0.39 is 23.5 Å². The van der Waals surface area contributed by atoms with Gasteiger partial charge in [0.1, 0.15) is 5.82 Å². The molecule has 0 amide bonds. The Morgan fingerprint density at radius 1 is 1.33 bits per heavy atom. The minimum Gasteiger partial charge on any atom is -0.481 e. The molecule has 1 fully saturated rings. The normalized spacial score (nSPS) is 15.5. The number of benzene rings is 1. The van der Waals surface area contributed by atoms with Crippen LogP contribution < -0.4 is 0 Å². The predicted molar refractivity (Wildman–Crippen MR) is 67.1 cm³/mol. The van der Waals surface area contributed by atoms with Gasteiger partial charge in [0.15, 0.2) is 0 Å². The summed E-state index contributed by atoms with van der Waals surface area (Å²) in [4.78, 5) is 12.4. The van der Waals surface area contributed by atoms with E-state index in [1.54, 1.807) is 0 Å². The minimum atomic E-state index is -4.73. The zero-order valence-electron chi connectivity index (χ0n) is 11.2. The predicted octanol–water partition coefficient (Wildman–Crippen LogP) is 3.28. The average molecular weight is 305 g/mol. The third kappa shape index (κ3) is 4.42. The van der Waals surface area contributed by atoms with Gasteiger partial charge in [0, 0.05) is 19.1 Å². The largest absolute Gasteiger partial charge is 0.481 e. The molecule has 0 radical (unpaired) electrons. The van der Waals surface area contributed by atoms with Crippen molar-refractivity contribution in [1.29, 1.82) is 0 Å². The summed E-state index contributed by atoms with van der Waals surface area (Å²) in [5, 5.41) is 8.69. The molecule has 0 aliphatic heterocycles. The molecule has 0 saturated heterocycles. The Kier molecular flexibility index (Phi) is 4.51. The first-order valence-corrected chi connectivity index (χ1v) is 6.59. The summed E-state index contributed by atoms with van der Waals surface area (Å²) in [6, 6.07) is 3.12. The van der Waals surface area contributed by atoms with Crippen LogP contribution in [0.15, 0.2) is 18.2 Å². The highest BCUT2D eigenvalue weighted by Gasteiger charge is 2.35. The van der Waals surface area contributed by atoms with Gasteiger partial charge in [-0.3, -0.25) is 9.69 Å². The fraction of sp³-hybridized carbons (Fsp3) is 0.500. The molecule has 0 aromatic heterocycles. The van der Waals surface area contributed by atoms with Gasteiger partial charge in [0.2, 0.25) is 0 Å². The number of hydrogen-bond donors (Lipinski definition) is 1. The fourth-order valence-electron chi connectivity index (χ4n) is 2.19. The van der Waals surface area contributed by atoms with Crippen LogP contribution in [0.1, 0.15) is 30.4 Å². The molecule has 1 aromatic rings. The molecule has 3 nitrogen and oxygen atoms in total. The zero-order chi connectivity index (χ0) is 15.6. The van der Waals surface area contributed by atoms with E-state index in [1.807, 2.05) is 4.90 Å². The summed E-state index contributed by atoms with van der Waals surface area (Å²) in [5.41, 5.74) is -0.949. The smallest absolute Gasteiger partial charge is 0.419 e. The van der Waals surface area contributed by atoms with E-state index in [0.717, 1.165) is 25.0 Å². The Bertz CT molecular complexity index is 526. The van der Waals surface area contributed by atoms with Gasteiger partial charge in [-0.15, -0.1) is 0 Å². The fourth-order valence-corrected chi connectivity index (χ4v) is 2.19. The minimum absolute atomic E-state index is 0.0657. The first-order valence-electron chi connectivity index (χ1n) is 6.59. The van der Waals surface area contributed by atoms with E-state index in [-0.39, 0.29) is 25.6 Å². The summed E-state index contributed by atoms with van der Waals surface area (Å²) in [6.07, 6.45) is -2.98. The summed E-state index contributed by atoms with van der Waals surface area (Å²) in [7, 11) is 0. The van der Waals surface area contributed by atoms with Gasteiger partial charge >= 0.3 is 12.1 Å². The van der Waals surface area contributed by atoms with Crippen molar-refractivity contribution in [2.24, 2.45) is 0 Å². The summed E-state index contributed by atoms with van der Waals surface area (Å²) >= 11 is 0. The van der Waals surface area contributed by atoms with Crippen LogP contribution in [0, 0.1) is 5.82 Å². The number of carboxylic acids is 1. The van der Waals surface area contributed by atoms with E-state index in [4.69, 9.17) is 5.11 Å². The van der Waals surface area contributed by atoms with Crippen molar-refractivity contribution in [3.63, 3.8) is 0 Å². The standard InChI is InChI=1S/C14H15F4NO2/c15-12-4-1-9(7-11(12)14(16,17)18)8-19(10-2-3-10)6-5-13(20)21/h1,4,7,10H,2-3,5-6,8H2,(H,20,21). The number of rotatable bonds is 6. The molecule has 0 heterocycles. The lowest BCUT2D eigenvalue weighted by atomic mass is 10.1.